The molecule has 88 valence electrons. The Morgan fingerprint density at radius 2 is 2.00 bits per heavy atom. The normalized spacial score (nSPS) is 15.4. The fraction of sp³-hybridized carbons (Fsp3) is 0.455. The summed E-state index contributed by atoms with van der Waals surface area (Å²) in [6.45, 7) is 2.03. The molecule has 0 aliphatic carbocycles. The highest BCUT2D eigenvalue weighted by Gasteiger charge is 2.13. The van der Waals surface area contributed by atoms with Crippen molar-refractivity contribution in [1.82, 2.24) is 4.98 Å². The molecule has 2 rings (SSSR count). The molecule has 0 saturated carbocycles. The summed E-state index contributed by atoms with van der Waals surface area (Å²) in [4.78, 5) is 16.8. The van der Waals surface area contributed by atoms with Crippen LogP contribution in [0.4, 0.5) is 5.69 Å². The van der Waals surface area contributed by atoms with Crippen molar-refractivity contribution in [3.8, 4) is 0 Å². The Morgan fingerprint density at radius 1 is 1.31 bits per heavy atom. The van der Waals surface area contributed by atoms with E-state index in [9.17, 15) is 4.79 Å². The fourth-order valence-electron chi connectivity index (χ4n) is 1.89. The third-order valence-electron chi connectivity index (χ3n) is 2.68. The van der Waals surface area contributed by atoms with Crippen LogP contribution in [0.2, 0.25) is 0 Å². The van der Waals surface area contributed by atoms with E-state index in [-0.39, 0.29) is 18.1 Å². The number of rotatable bonds is 2. The number of pyridine rings is 1. The molecular formula is C11H14ClN2O2-. The van der Waals surface area contributed by atoms with Crippen LogP contribution in [0, 0.1) is 0 Å². The molecule has 0 bridgehead atoms. The van der Waals surface area contributed by atoms with Gasteiger partial charge in [0.25, 0.3) is 0 Å². The van der Waals surface area contributed by atoms with Crippen LogP contribution in [0.1, 0.15) is 29.8 Å². The Hall–Kier alpha value is -1.29. The molecule has 0 amide bonds. The number of carboxylic acids is 1. The van der Waals surface area contributed by atoms with Crippen LogP contribution in [0.5, 0.6) is 0 Å². The van der Waals surface area contributed by atoms with Crippen molar-refractivity contribution in [3.63, 3.8) is 0 Å². The topological polar surface area (TPSA) is 53.4 Å². The Kier molecular flexibility index (Phi) is 4.55. The maximum absolute atomic E-state index is 10.8. The lowest BCUT2D eigenvalue weighted by Gasteiger charge is -2.28. The van der Waals surface area contributed by atoms with Gasteiger partial charge < -0.3 is 22.4 Å². The van der Waals surface area contributed by atoms with Gasteiger partial charge in [0.2, 0.25) is 0 Å². The van der Waals surface area contributed by atoms with Crippen LogP contribution in [0.15, 0.2) is 18.3 Å². The standard InChI is InChI=1S/C11H14N2O2.ClH/c14-11(15)10-8-9(4-5-12-10)13-6-2-1-3-7-13;/h4-5,8H,1-3,6-7H2,(H,14,15);1H/p-1. The first-order chi connectivity index (χ1) is 7.27. The molecule has 2 heterocycles. The van der Waals surface area contributed by atoms with E-state index in [0.717, 1.165) is 18.8 Å². The van der Waals surface area contributed by atoms with E-state index < -0.39 is 5.97 Å². The van der Waals surface area contributed by atoms with E-state index >= 15 is 0 Å². The molecule has 5 heteroatoms. The summed E-state index contributed by atoms with van der Waals surface area (Å²) in [7, 11) is 0. The van der Waals surface area contributed by atoms with E-state index in [4.69, 9.17) is 5.11 Å². The van der Waals surface area contributed by atoms with E-state index in [1.165, 1.54) is 19.3 Å². The number of carboxylic acid groups (broad SMARTS) is 1. The summed E-state index contributed by atoms with van der Waals surface area (Å²) in [6.07, 6.45) is 5.20. The second-order valence-corrected chi connectivity index (χ2v) is 3.75. The minimum atomic E-state index is -0.964. The predicted octanol–water partition coefficient (Wildman–Crippen LogP) is -1.23. The summed E-state index contributed by atoms with van der Waals surface area (Å²) in [6, 6.07) is 3.52. The molecule has 16 heavy (non-hydrogen) atoms. The number of halogens is 1. The van der Waals surface area contributed by atoms with Gasteiger partial charge in [0.1, 0.15) is 5.69 Å². The second kappa shape index (κ2) is 5.70. The number of hydrogen-bond acceptors (Lipinski definition) is 3. The molecule has 1 N–H and O–H groups in total. The van der Waals surface area contributed by atoms with Crippen molar-refractivity contribution >= 4 is 11.7 Å². The smallest absolute Gasteiger partial charge is 0.354 e. The van der Waals surface area contributed by atoms with Crippen molar-refractivity contribution in [2.45, 2.75) is 19.3 Å². The van der Waals surface area contributed by atoms with Crippen molar-refractivity contribution < 1.29 is 22.3 Å². The zero-order valence-electron chi connectivity index (χ0n) is 8.90. The van der Waals surface area contributed by atoms with E-state index in [1.54, 1.807) is 12.3 Å². The third-order valence-corrected chi connectivity index (χ3v) is 2.68. The van der Waals surface area contributed by atoms with Gasteiger partial charge in [-0.15, -0.1) is 0 Å². The molecule has 4 nitrogen and oxygen atoms in total. The monoisotopic (exact) mass is 241 g/mol. The number of carbonyl (C=O) groups is 1. The number of aromatic carboxylic acids is 1. The highest BCUT2D eigenvalue weighted by molar-refractivity contribution is 5.86. The fourth-order valence-corrected chi connectivity index (χ4v) is 1.89. The van der Waals surface area contributed by atoms with Crippen molar-refractivity contribution in [2.24, 2.45) is 0 Å². The summed E-state index contributed by atoms with van der Waals surface area (Å²) in [5, 5.41) is 8.83. The summed E-state index contributed by atoms with van der Waals surface area (Å²) < 4.78 is 0. The molecule has 0 aromatic carbocycles. The van der Waals surface area contributed by atoms with E-state index in [1.807, 2.05) is 6.07 Å². The highest BCUT2D eigenvalue weighted by atomic mass is 35.5. The van der Waals surface area contributed by atoms with Crippen LogP contribution in [-0.2, 0) is 0 Å². The first kappa shape index (κ1) is 12.8. The van der Waals surface area contributed by atoms with E-state index in [0.29, 0.717) is 0 Å². The quantitative estimate of drug-likeness (QED) is 0.705. The number of piperidine rings is 1. The number of aromatic nitrogens is 1. The average Bonchev–Trinajstić information content (AvgIpc) is 2.30. The lowest BCUT2D eigenvalue weighted by atomic mass is 10.1. The van der Waals surface area contributed by atoms with Gasteiger partial charge in [-0.25, -0.2) is 9.78 Å². The van der Waals surface area contributed by atoms with Gasteiger partial charge >= 0.3 is 5.97 Å². The maximum atomic E-state index is 10.8. The zero-order chi connectivity index (χ0) is 10.7. The molecule has 0 atom stereocenters. The van der Waals surface area contributed by atoms with Crippen LogP contribution < -0.4 is 17.3 Å². The van der Waals surface area contributed by atoms with Crippen molar-refractivity contribution in [3.05, 3.63) is 24.0 Å². The maximum Gasteiger partial charge on any atom is 0.354 e. The first-order valence-corrected chi connectivity index (χ1v) is 5.21. The Morgan fingerprint density at radius 3 is 2.62 bits per heavy atom. The molecule has 1 aromatic rings. The zero-order valence-corrected chi connectivity index (χ0v) is 9.65. The molecule has 0 radical (unpaired) electrons. The lowest BCUT2D eigenvalue weighted by Crippen LogP contribution is -3.00. The average molecular weight is 242 g/mol. The summed E-state index contributed by atoms with van der Waals surface area (Å²) in [5.74, 6) is -0.964. The molecule has 1 aliphatic heterocycles. The third kappa shape index (κ3) is 2.85. The SMILES string of the molecule is O=C(O)c1cc(N2CCCCC2)ccn1.[Cl-]. The Balaban J connectivity index is 0.00000128. The molecule has 1 fully saturated rings. The van der Waals surface area contributed by atoms with Gasteiger partial charge in [-0.3, -0.25) is 0 Å². The molecule has 1 saturated heterocycles. The number of anilines is 1. The second-order valence-electron chi connectivity index (χ2n) is 3.75. The van der Waals surface area contributed by atoms with Gasteiger partial charge in [-0.05, 0) is 31.4 Å². The van der Waals surface area contributed by atoms with Crippen LogP contribution in [0.25, 0.3) is 0 Å². The van der Waals surface area contributed by atoms with Gasteiger partial charge in [-0.1, -0.05) is 0 Å². The van der Waals surface area contributed by atoms with Crippen LogP contribution >= 0.6 is 0 Å². The number of nitrogens with zero attached hydrogens (tertiary/aromatic N) is 2. The number of hydrogen-bond donors (Lipinski definition) is 1. The van der Waals surface area contributed by atoms with Crippen molar-refractivity contribution in [2.75, 3.05) is 18.0 Å². The largest absolute Gasteiger partial charge is 1.00 e. The minimum Gasteiger partial charge on any atom is -1.00 e. The van der Waals surface area contributed by atoms with Crippen molar-refractivity contribution in [1.29, 1.82) is 0 Å². The molecule has 0 spiro atoms. The minimum absolute atomic E-state index is 0. The Labute approximate surface area is 101 Å². The molecule has 1 aliphatic rings. The van der Waals surface area contributed by atoms with Gasteiger partial charge in [-0.2, -0.15) is 0 Å². The van der Waals surface area contributed by atoms with Gasteiger partial charge in [0.15, 0.2) is 0 Å². The summed E-state index contributed by atoms with van der Waals surface area (Å²) in [5.41, 5.74) is 1.10. The van der Waals surface area contributed by atoms with Gasteiger partial charge in [0.05, 0.1) is 0 Å². The summed E-state index contributed by atoms with van der Waals surface area (Å²) >= 11 is 0. The molecule has 1 aromatic heterocycles. The molecular weight excluding hydrogens is 228 g/mol. The predicted molar refractivity (Wildman–Crippen MR) is 57.3 cm³/mol. The molecule has 0 unspecified atom stereocenters. The lowest BCUT2D eigenvalue weighted by molar-refractivity contribution is -0.0000186. The first-order valence-electron chi connectivity index (χ1n) is 5.21. The van der Waals surface area contributed by atoms with Crippen LogP contribution in [-0.4, -0.2) is 29.1 Å². The highest BCUT2D eigenvalue weighted by Crippen LogP contribution is 2.19. The van der Waals surface area contributed by atoms with Crippen LogP contribution in [0.3, 0.4) is 0 Å². The van der Waals surface area contributed by atoms with E-state index in [2.05, 4.69) is 9.88 Å². The van der Waals surface area contributed by atoms with Gasteiger partial charge in [0, 0.05) is 25.0 Å². The Bertz CT molecular complexity index is 365.